The Balaban J connectivity index is 0.00000264. The minimum atomic E-state index is -3.62. The molecule has 0 amide bonds. The second-order valence-electron chi connectivity index (χ2n) is 5.94. The molecule has 2 N–H and O–H groups in total. The van der Waals surface area contributed by atoms with Gasteiger partial charge in [0, 0.05) is 19.1 Å². The summed E-state index contributed by atoms with van der Waals surface area (Å²) in [7, 11) is -1.97. The maximum absolute atomic E-state index is 12.5. The van der Waals surface area contributed by atoms with Crippen molar-refractivity contribution < 1.29 is 13.2 Å². The fraction of sp³-hybridized carbons (Fsp3) is 0.600. The topological polar surface area (TPSA) is 67.4 Å². The van der Waals surface area contributed by atoms with Crippen molar-refractivity contribution in [2.45, 2.75) is 24.7 Å². The van der Waals surface area contributed by atoms with E-state index in [1.165, 1.54) is 0 Å². The smallest absolute Gasteiger partial charge is 0.242 e. The second kappa shape index (κ2) is 8.65. The van der Waals surface area contributed by atoms with Crippen LogP contribution in [-0.4, -0.2) is 41.8 Å². The average Bonchev–Trinajstić information content (AvgIpc) is 2.46. The van der Waals surface area contributed by atoms with E-state index in [0.717, 1.165) is 31.5 Å². The Labute approximate surface area is 149 Å². The number of halogens is 2. The van der Waals surface area contributed by atoms with E-state index in [9.17, 15) is 8.42 Å². The molecule has 1 heterocycles. The number of hydrogen-bond donors (Lipinski definition) is 2. The van der Waals surface area contributed by atoms with Gasteiger partial charge in [0.05, 0.1) is 11.6 Å². The van der Waals surface area contributed by atoms with E-state index in [4.69, 9.17) is 16.3 Å². The fourth-order valence-electron chi connectivity index (χ4n) is 2.79. The monoisotopic (exact) mass is 382 g/mol. The van der Waals surface area contributed by atoms with Crippen molar-refractivity contribution in [2.24, 2.45) is 5.41 Å². The molecule has 0 saturated carbocycles. The van der Waals surface area contributed by atoms with Gasteiger partial charge in [-0.2, -0.15) is 0 Å². The lowest BCUT2D eigenvalue weighted by atomic mass is 9.80. The first-order chi connectivity index (χ1) is 10.4. The van der Waals surface area contributed by atoms with Gasteiger partial charge in [0.2, 0.25) is 10.0 Å². The number of piperidine rings is 1. The Hall–Kier alpha value is -0.370. The summed E-state index contributed by atoms with van der Waals surface area (Å²) in [6.07, 6.45) is 1.76. The molecule has 23 heavy (non-hydrogen) atoms. The minimum Gasteiger partial charge on any atom is -0.384 e. The first kappa shape index (κ1) is 20.7. The molecule has 0 unspecified atom stereocenters. The van der Waals surface area contributed by atoms with Crippen LogP contribution in [0.15, 0.2) is 23.1 Å². The number of sulfonamides is 1. The van der Waals surface area contributed by atoms with Gasteiger partial charge in [-0.05, 0) is 50.6 Å². The van der Waals surface area contributed by atoms with Gasteiger partial charge in [-0.3, -0.25) is 0 Å². The van der Waals surface area contributed by atoms with E-state index in [2.05, 4.69) is 10.0 Å². The quantitative estimate of drug-likeness (QED) is 0.792. The first-order valence-electron chi connectivity index (χ1n) is 7.34. The van der Waals surface area contributed by atoms with Crippen LogP contribution >= 0.6 is 24.0 Å². The van der Waals surface area contributed by atoms with E-state index in [1.807, 2.05) is 6.92 Å². The highest BCUT2D eigenvalue weighted by Crippen LogP contribution is 2.29. The van der Waals surface area contributed by atoms with Crippen molar-refractivity contribution in [3.8, 4) is 0 Å². The first-order valence-corrected chi connectivity index (χ1v) is 9.20. The van der Waals surface area contributed by atoms with Crippen LogP contribution in [0.1, 0.15) is 18.4 Å². The van der Waals surface area contributed by atoms with Crippen LogP contribution < -0.4 is 10.0 Å². The van der Waals surface area contributed by atoms with Gasteiger partial charge < -0.3 is 10.1 Å². The molecule has 0 bridgehead atoms. The molecule has 8 heteroatoms. The highest BCUT2D eigenvalue weighted by atomic mass is 35.5. The molecule has 0 spiro atoms. The highest BCUT2D eigenvalue weighted by Gasteiger charge is 2.33. The maximum Gasteiger partial charge on any atom is 0.242 e. The van der Waals surface area contributed by atoms with Gasteiger partial charge >= 0.3 is 0 Å². The zero-order chi connectivity index (χ0) is 16.2. The zero-order valence-corrected chi connectivity index (χ0v) is 15.8. The molecular weight excluding hydrogens is 359 g/mol. The lowest BCUT2D eigenvalue weighted by Crippen LogP contribution is -2.47. The molecule has 5 nitrogen and oxygen atoms in total. The van der Waals surface area contributed by atoms with Gasteiger partial charge in [0.15, 0.2) is 0 Å². The van der Waals surface area contributed by atoms with Gasteiger partial charge in [0.25, 0.3) is 0 Å². The second-order valence-corrected chi connectivity index (χ2v) is 8.08. The maximum atomic E-state index is 12.5. The summed E-state index contributed by atoms with van der Waals surface area (Å²) < 4.78 is 33.0. The molecule has 1 aliphatic heterocycles. The van der Waals surface area contributed by atoms with Crippen molar-refractivity contribution >= 4 is 34.0 Å². The summed E-state index contributed by atoms with van der Waals surface area (Å²) in [6, 6.07) is 4.95. The summed E-state index contributed by atoms with van der Waals surface area (Å²) >= 11 is 6.08. The minimum absolute atomic E-state index is 0. The molecule has 1 saturated heterocycles. The molecule has 132 valence electrons. The molecule has 1 aromatic rings. The molecular formula is C15H24Cl2N2O3S. The molecule has 0 aliphatic carbocycles. The van der Waals surface area contributed by atoms with Crippen molar-refractivity contribution in [3.63, 3.8) is 0 Å². The van der Waals surface area contributed by atoms with Crippen LogP contribution in [0, 0.1) is 12.3 Å². The van der Waals surface area contributed by atoms with Gasteiger partial charge in [-0.15, -0.1) is 12.4 Å². The molecule has 0 atom stereocenters. The summed E-state index contributed by atoms with van der Waals surface area (Å²) in [6.45, 7) is 4.51. The van der Waals surface area contributed by atoms with E-state index >= 15 is 0 Å². The molecule has 2 rings (SSSR count). The Morgan fingerprint density at radius 3 is 2.57 bits per heavy atom. The number of hydrogen-bond acceptors (Lipinski definition) is 4. The third kappa shape index (κ3) is 5.31. The lowest BCUT2D eigenvalue weighted by Gasteiger charge is -2.37. The number of nitrogens with one attached hydrogen (secondary N) is 2. The van der Waals surface area contributed by atoms with E-state index in [1.54, 1.807) is 25.3 Å². The SMILES string of the molecule is COCC1(CNS(=O)(=O)c2ccc(C)cc2Cl)CCNCC1.Cl. The Morgan fingerprint density at radius 2 is 2.00 bits per heavy atom. The lowest BCUT2D eigenvalue weighted by molar-refractivity contribution is 0.0577. The Bertz CT molecular complexity index is 612. The predicted molar refractivity (Wildman–Crippen MR) is 95.0 cm³/mol. The predicted octanol–water partition coefficient (Wildman–Crippen LogP) is 2.36. The van der Waals surface area contributed by atoms with Crippen LogP contribution in [0.4, 0.5) is 0 Å². The molecule has 1 aliphatic rings. The molecule has 0 radical (unpaired) electrons. The van der Waals surface area contributed by atoms with Crippen molar-refractivity contribution in [1.82, 2.24) is 10.0 Å². The van der Waals surface area contributed by atoms with Crippen molar-refractivity contribution in [3.05, 3.63) is 28.8 Å². The summed E-state index contributed by atoms with van der Waals surface area (Å²) in [4.78, 5) is 0.126. The Kier molecular flexibility index (Phi) is 7.77. The zero-order valence-electron chi connectivity index (χ0n) is 13.4. The third-order valence-corrected chi connectivity index (χ3v) is 6.01. The van der Waals surface area contributed by atoms with Crippen LogP contribution in [0.3, 0.4) is 0 Å². The third-order valence-electron chi connectivity index (χ3n) is 4.13. The average molecular weight is 383 g/mol. The van der Waals surface area contributed by atoms with Gasteiger partial charge in [-0.25, -0.2) is 13.1 Å². The van der Waals surface area contributed by atoms with Crippen LogP contribution in [-0.2, 0) is 14.8 Å². The van der Waals surface area contributed by atoms with Gasteiger partial charge in [-0.1, -0.05) is 17.7 Å². The molecule has 0 aromatic heterocycles. The van der Waals surface area contributed by atoms with Crippen molar-refractivity contribution in [2.75, 3.05) is 33.4 Å². The summed E-state index contributed by atoms with van der Waals surface area (Å²) in [5.74, 6) is 0. The van der Waals surface area contributed by atoms with Crippen LogP contribution in [0.2, 0.25) is 5.02 Å². The van der Waals surface area contributed by atoms with Gasteiger partial charge in [0.1, 0.15) is 4.90 Å². The number of ether oxygens (including phenoxy) is 1. The fourth-order valence-corrected chi connectivity index (χ4v) is 4.54. The number of rotatable bonds is 6. The van der Waals surface area contributed by atoms with Crippen LogP contribution in [0.5, 0.6) is 0 Å². The largest absolute Gasteiger partial charge is 0.384 e. The number of methoxy groups -OCH3 is 1. The summed E-state index contributed by atoms with van der Waals surface area (Å²) in [5, 5.41) is 3.54. The number of benzene rings is 1. The van der Waals surface area contributed by atoms with E-state index < -0.39 is 10.0 Å². The molecule has 1 fully saturated rings. The van der Waals surface area contributed by atoms with Crippen LogP contribution in [0.25, 0.3) is 0 Å². The Morgan fingerprint density at radius 1 is 1.35 bits per heavy atom. The van der Waals surface area contributed by atoms with E-state index in [-0.39, 0.29) is 27.7 Å². The number of aryl methyl sites for hydroxylation is 1. The van der Waals surface area contributed by atoms with Crippen molar-refractivity contribution in [1.29, 1.82) is 0 Å². The van der Waals surface area contributed by atoms with E-state index in [0.29, 0.717) is 13.2 Å². The standard InChI is InChI=1S/C15H23ClN2O3S.ClH/c1-12-3-4-14(13(16)9-12)22(19,20)18-10-15(11-21-2)5-7-17-8-6-15;/h3-4,9,17-18H,5-8,10-11H2,1-2H3;1H. The summed E-state index contributed by atoms with van der Waals surface area (Å²) in [5.41, 5.74) is 0.766. The normalized spacial score (nSPS) is 17.5. The molecule has 1 aromatic carbocycles. The highest BCUT2D eigenvalue weighted by molar-refractivity contribution is 7.89.